The Bertz CT molecular complexity index is 623. The molecule has 0 aromatic heterocycles. The molecule has 2 aromatic carbocycles. The first kappa shape index (κ1) is 14.1. The molecule has 0 heterocycles. The third-order valence-corrected chi connectivity index (χ3v) is 2.68. The van der Waals surface area contributed by atoms with Crippen molar-refractivity contribution in [2.75, 3.05) is 6.61 Å². The fraction of sp³-hybridized carbons (Fsp3) is 0.188. The van der Waals surface area contributed by atoms with Crippen molar-refractivity contribution < 1.29 is 18.7 Å². The highest BCUT2D eigenvalue weighted by Crippen LogP contribution is 2.27. The molecule has 0 aliphatic carbocycles. The van der Waals surface area contributed by atoms with Gasteiger partial charge < -0.3 is 9.47 Å². The van der Waals surface area contributed by atoms with Gasteiger partial charge in [-0.25, -0.2) is 4.39 Å². The maximum atomic E-state index is 13.8. The SMILES string of the molecule is CCOc1cccc(Oc2ccc(C(C)=O)cc2F)c1. The summed E-state index contributed by atoms with van der Waals surface area (Å²) in [6.07, 6.45) is 0. The molecule has 0 unspecified atom stereocenters. The minimum Gasteiger partial charge on any atom is -0.494 e. The van der Waals surface area contributed by atoms with Crippen LogP contribution in [0.2, 0.25) is 0 Å². The minimum absolute atomic E-state index is 0.0728. The molecule has 3 nitrogen and oxygen atoms in total. The van der Waals surface area contributed by atoms with Crippen LogP contribution in [0.25, 0.3) is 0 Å². The number of hydrogen-bond acceptors (Lipinski definition) is 3. The molecule has 0 atom stereocenters. The van der Waals surface area contributed by atoms with Gasteiger partial charge in [-0.1, -0.05) is 6.07 Å². The van der Waals surface area contributed by atoms with Gasteiger partial charge in [0.05, 0.1) is 6.61 Å². The molecule has 0 aliphatic heterocycles. The van der Waals surface area contributed by atoms with E-state index in [0.29, 0.717) is 23.7 Å². The number of rotatable bonds is 5. The van der Waals surface area contributed by atoms with E-state index in [0.717, 1.165) is 0 Å². The molecule has 0 saturated heterocycles. The summed E-state index contributed by atoms with van der Waals surface area (Å²) in [5, 5.41) is 0. The molecule has 0 N–H and O–H groups in total. The topological polar surface area (TPSA) is 35.5 Å². The second kappa shape index (κ2) is 6.19. The Morgan fingerprint density at radius 2 is 1.90 bits per heavy atom. The third-order valence-electron chi connectivity index (χ3n) is 2.68. The van der Waals surface area contributed by atoms with Gasteiger partial charge in [0.2, 0.25) is 0 Å². The molecule has 2 aromatic rings. The zero-order chi connectivity index (χ0) is 14.5. The first-order valence-electron chi connectivity index (χ1n) is 6.31. The van der Waals surface area contributed by atoms with Crippen LogP contribution >= 0.6 is 0 Å². The highest BCUT2D eigenvalue weighted by molar-refractivity contribution is 5.94. The summed E-state index contributed by atoms with van der Waals surface area (Å²) >= 11 is 0. The van der Waals surface area contributed by atoms with E-state index in [1.165, 1.54) is 25.1 Å². The molecule has 4 heteroatoms. The number of carbonyl (C=O) groups excluding carboxylic acids is 1. The van der Waals surface area contributed by atoms with E-state index in [4.69, 9.17) is 9.47 Å². The van der Waals surface area contributed by atoms with Gasteiger partial charge in [0.25, 0.3) is 0 Å². The second-order valence-electron chi connectivity index (χ2n) is 4.21. The minimum atomic E-state index is -0.570. The van der Waals surface area contributed by atoms with Crippen LogP contribution in [-0.2, 0) is 0 Å². The van der Waals surface area contributed by atoms with E-state index in [1.54, 1.807) is 24.3 Å². The van der Waals surface area contributed by atoms with Crippen molar-refractivity contribution in [1.29, 1.82) is 0 Å². The van der Waals surface area contributed by atoms with Gasteiger partial charge in [0.1, 0.15) is 11.5 Å². The van der Waals surface area contributed by atoms with E-state index >= 15 is 0 Å². The fourth-order valence-electron chi connectivity index (χ4n) is 1.72. The van der Waals surface area contributed by atoms with Crippen molar-refractivity contribution in [3.63, 3.8) is 0 Å². The van der Waals surface area contributed by atoms with Gasteiger partial charge in [-0.3, -0.25) is 4.79 Å². The maximum Gasteiger partial charge on any atom is 0.166 e. The van der Waals surface area contributed by atoms with E-state index < -0.39 is 5.82 Å². The normalized spacial score (nSPS) is 10.2. The van der Waals surface area contributed by atoms with Gasteiger partial charge in [-0.2, -0.15) is 0 Å². The third kappa shape index (κ3) is 3.35. The van der Waals surface area contributed by atoms with Crippen molar-refractivity contribution in [3.8, 4) is 17.2 Å². The average molecular weight is 274 g/mol. The molecule has 104 valence electrons. The molecule has 0 aliphatic rings. The summed E-state index contributed by atoms with van der Waals surface area (Å²) in [5.41, 5.74) is 0.318. The van der Waals surface area contributed by atoms with E-state index in [9.17, 15) is 9.18 Å². The average Bonchev–Trinajstić information content (AvgIpc) is 2.42. The van der Waals surface area contributed by atoms with Crippen LogP contribution in [0.5, 0.6) is 17.2 Å². The summed E-state index contributed by atoms with van der Waals surface area (Å²) in [6.45, 7) is 3.82. The Balaban J connectivity index is 2.21. The van der Waals surface area contributed by atoms with Crippen molar-refractivity contribution in [2.24, 2.45) is 0 Å². The molecule has 0 fully saturated rings. The molecule has 0 amide bonds. The number of ketones is 1. The number of hydrogen-bond donors (Lipinski definition) is 0. The number of carbonyl (C=O) groups is 1. The molecule has 20 heavy (non-hydrogen) atoms. The van der Waals surface area contributed by atoms with Crippen LogP contribution in [0.4, 0.5) is 4.39 Å². The first-order chi connectivity index (χ1) is 9.60. The van der Waals surface area contributed by atoms with Crippen LogP contribution in [0.1, 0.15) is 24.2 Å². The van der Waals surface area contributed by atoms with Crippen LogP contribution in [0.3, 0.4) is 0 Å². The zero-order valence-corrected chi connectivity index (χ0v) is 11.4. The summed E-state index contributed by atoms with van der Waals surface area (Å²) < 4.78 is 24.6. The quantitative estimate of drug-likeness (QED) is 0.766. The van der Waals surface area contributed by atoms with Crippen molar-refractivity contribution in [2.45, 2.75) is 13.8 Å². The summed E-state index contributed by atoms with van der Waals surface area (Å²) in [5.74, 6) is 0.452. The second-order valence-corrected chi connectivity index (χ2v) is 4.21. The molecule has 0 spiro atoms. The summed E-state index contributed by atoms with van der Waals surface area (Å²) in [4.78, 5) is 11.2. The fourth-order valence-corrected chi connectivity index (χ4v) is 1.72. The van der Waals surface area contributed by atoms with Gasteiger partial charge in [-0.05, 0) is 44.2 Å². The van der Waals surface area contributed by atoms with E-state index in [1.807, 2.05) is 6.92 Å². The van der Waals surface area contributed by atoms with Gasteiger partial charge in [-0.15, -0.1) is 0 Å². The predicted molar refractivity (Wildman–Crippen MR) is 74.1 cm³/mol. The number of halogens is 1. The van der Waals surface area contributed by atoms with Crippen molar-refractivity contribution >= 4 is 5.78 Å². The maximum absolute atomic E-state index is 13.8. The monoisotopic (exact) mass is 274 g/mol. The van der Waals surface area contributed by atoms with E-state index in [2.05, 4.69) is 0 Å². The van der Waals surface area contributed by atoms with Crippen LogP contribution in [-0.4, -0.2) is 12.4 Å². The highest BCUT2D eigenvalue weighted by Gasteiger charge is 2.09. The Morgan fingerprint density at radius 3 is 2.55 bits per heavy atom. The lowest BCUT2D eigenvalue weighted by Crippen LogP contribution is -1.96. The molecular formula is C16H15FO3. The molecule has 0 saturated carbocycles. The summed E-state index contributed by atoms with van der Waals surface area (Å²) in [6, 6.07) is 11.1. The number of benzene rings is 2. The lowest BCUT2D eigenvalue weighted by atomic mass is 10.1. The largest absolute Gasteiger partial charge is 0.494 e. The standard InChI is InChI=1S/C16H15FO3/c1-3-19-13-5-4-6-14(10-13)20-16-8-7-12(11(2)18)9-15(16)17/h4-10H,3H2,1-2H3. The van der Waals surface area contributed by atoms with Crippen molar-refractivity contribution in [1.82, 2.24) is 0 Å². The number of ether oxygens (including phenoxy) is 2. The Kier molecular flexibility index (Phi) is 4.35. The zero-order valence-electron chi connectivity index (χ0n) is 11.4. The van der Waals surface area contributed by atoms with Gasteiger partial charge >= 0.3 is 0 Å². The first-order valence-corrected chi connectivity index (χ1v) is 6.31. The molecular weight excluding hydrogens is 259 g/mol. The van der Waals surface area contributed by atoms with Gasteiger partial charge in [0.15, 0.2) is 17.3 Å². The Morgan fingerprint density at radius 1 is 1.15 bits per heavy atom. The lowest BCUT2D eigenvalue weighted by molar-refractivity contribution is 0.101. The Labute approximate surface area is 117 Å². The van der Waals surface area contributed by atoms with Crippen LogP contribution < -0.4 is 9.47 Å². The smallest absolute Gasteiger partial charge is 0.166 e. The van der Waals surface area contributed by atoms with Gasteiger partial charge in [0, 0.05) is 11.6 Å². The molecule has 0 bridgehead atoms. The summed E-state index contributed by atoms with van der Waals surface area (Å²) in [7, 11) is 0. The van der Waals surface area contributed by atoms with Crippen LogP contribution in [0.15, 0.2) is 42.5 Å². The van der Waals surface area contributed by atoms with E-state index in [-0.39, 0.29) is 11.5 Å². The lowest BCUT2D eigenvalue weighted by Gasteiger charge is -2.09. The van der Waals surface area contributed by atoms with Crippen LogP contribution in [0, 0.1) is 5.82 Å². The number of Topliss-reactive ketones (excluding diaryl/α,β-unsaturated/α-hetero) is 1. The molecule has 0 radical (unpaired) electrons. The van der Waals surface area contributed by atoms with Crippen molar-refractivity contribution in [3.05, 3.63) is 53.8 Å². The Hall–Kier alpha value is -2.36. The predicted octanol–water partition coefficient (Wildman–Crippen LogP) is 4.22. The molecule has 2 rings (SSSR count). The highest BCUT2D eigenvalue weighted by atomic mass is 19.1.